The van der Waals surface area contributed by atoms with E-state index in [2.05, 4.69) is 26.8 Å². The lowest BCUT2D eigenvalue weighted by Gasteiger charge is -2.15. The molecular formula is C16H20N2OS. The van der Waals surface area contributed by atoms with Gasteiger partial charge in [-0.3, -0.25) is 4.79 Å². The summed E-state index contributed by atoms with van der Waals surface area (Å²) < 4.78 is 1.13. The fourth-order valence-electron chi connectivity index (χ4n) is 2.88. The zero-order chi connectivity index (χ0) is 14.4. The first-order valence-corrected chi connectivity index (χ1v) is 7.87. The number of amides is 1. The third-order valence-corrected chi connectivity index (χ3v) is 5.77. The molecule has 2 unspecified atom stereocenters. The molecule has 0 radical (unpaired) electrons. The third-order valence-electron chi connectivity index (χ3n) is 4.42. The fourth-order valence-corrected chi connectivity index (χ4v) is 4.03. The summed E-state index contributed by atoms with van der Waals surface area (Å²) >= 11 is 1.53. The summed E-state index contributed by atoms with van der Waals surface area (Å²) in [6.45, 7) is 8.15. The molecule has 4 heteroatoms. The van der Waals surface area contributed by atoms with Gasteiger partial charge in [0.25, 0.3) is 5.91 Å². The van der Waals surface area contributed by atoms with E-state index in [9.17, 15) is 4.79 Å². The maximum absolute atomic E-state index is 12.7. The molecule has 1 aliphatic rings. The number of thiophene rings is 1. The predicted octanol–water partition coefficient (Wildman–Crippen LogP) is 3.52. The third kappa shape index (κ3) is 1.99. The summed E-state index contributed by atoms with van der Waals surface area (Å²) in [4.78, 5) is 15.4. The Labute approximate surface area is 123 Å². The Hall–Kier alpha value is -1.55. The molecule has 2 aromatic rings. The second kappa shape index (κ2) is 4.77. The number of anilines is 1. The average molecular weight is 288 g/mol. The number of likely N-dealkylation sites (tertiary alicyclic amines) is 1. The van der Waals surface area contributed by atoms with Crippen LogP contribution in [0.2, 0.25) is 0 Å². The van der Waals surface area contributed by atoms with E-state index in [1.807, 2.05) is 17.0 Å². The number of nitrogens with two attached hydrogens (primary N) is 1. The molecular weight excluding hydrogens is 268 g/mol. The SMILES string of the molecule is Cc1cccc2c(N)c(C(=O)N3CC(C)C(C)C3)sc12. The molecule has 3 rings (SSSR count). The van der Waals surface area contributed by atoms with Gasteiger partial charge < -0.3 is 10.6 Å². The quantitative estimate of drug-likeness (QED) is 0.872. The molecule has 1 fully saturated rings. The summed E-state index contributed by atoms with van der Waals surface area (Å²) in [5, 5.41) is 1.01. The summed E-state index contributed by atoms with van der Waals surface area (Å²) in [5.74, 6) is 1.23. The highest BCUT2D eigenvalue weighted by molar-refractivity contribution is 7.21. The predicted molar refractivity (Wildman–Crippen MR) is 85.2 cm³/mol. The maximum Gasteiger partial charge on any atom is 0.266 e. The van der Waals surface area contributed by atoms with E-state index in [0.717, 1.165) is 23.2 Å². The Morgan fingerprint density at radius 2 is 1.95 bits per heavy atom. The molecule has 0 spiro atoms. The van der Waals surface area contributed by atoms with E-state index in [4.69, 9.17) is 5.73 Å². The van der Waals surface area contributed by atoms with Crippen LogP contribution in [0.15, 0.2) is 18.2 Å². The zero-order valence-corrected chi connectivity index (χ0v) is 13.0. The fraction of sp³-hybridized carbons (Fsp3) is 0.438. The molecule has 1 saturated heterocycles. The van der Waals surface area contributed by atoms with Crippen LogP contribution >= 0.6 is 11.3 Å². The van der Waals surface area contributed by atoms with Gasteiger partial charge in [-0.05, 0) is 24.3 Å². The molecule has 1 aromatic heterocycles. The molecule has 2 N–H and O–H groups in total. The van der Waals surface area contributed by atoms with Gasteiger partial charge in [0.1, 0.15) is 4.88 Å². The lowest BCUT2D eigenvalue weighted by Crippen LogP contribution is -2.28. The number of aryl methyl sites for hydroxylation is 1. The maximum atomic E-state index is 12.7. The average Bonchev–Trinajstić information content (AvgIpc) is 2.92. The Morgan fingerprint density at radius 1 is 1.30 bits per heavy atom. The molecule has 2 heterocycles. The van der Waals surface area contributed by atoms with Crippen molar-refractivity contribution in [1.29, 1.82) is 0 Å². The van der Waals surface area contributed by atoms with Gasteiger partial charge in [0.15, 0.2) is 0 Å². The summed E-state index contributed by atoms with van der Waals surface area (Å²) in [6, 6.07) is 6.06. The smallest absolute Gasteiger partial charge is 0.266 e. The van der Waals surface area contributed by atoms with Crippen LogP contribution < -0.4 is 5.73 Å². The minimum atomic E-state index is 0.0966. The molecule has 0 aliphatic carbocycles. The first kappa shape index (κ1) is 13.4. The second-order valence-corrected chi connectivity index (χ2v) is 6.98. The van der Waals surface area contributed by atoms with Crippen LogP contribution in [0.3, 0.4) is 0 Å². The Morgan fingerprint density at radius 3 is 2.55 bits per heavy atom. The van der Waals surface area contributed by atoms with Gasteiger partial charge in [-0.1, -0.05) is 32.0 Å². The Kier molecular flexibility index (Phi) is 3.21. The summed E-state index contributed by atoms with van der Waals surface area (Å²) in [5.41, 5.74) is 8.03. The number of fused-ring (bicyclic) bond motifs is 1. The molecule has 106 valence electrons. The number of carbonyl (C=O) groups is 1. The molecule has 2 atom stereocenters. The summed E-state index contributed by atoms with van der Waals surface area (Å²) in [7, 11) is 0. The van der Waals surface area contributed by atoms with Crippen molar-refractivity contribution >= 4 is 33.0 Å². The van der Waals surface area contributed by atoms with Crippen molar-refractivity contribution in [2.24, 2.45) is 11.8 Å². The summed E-state index contributed by atoms with van der Waals surface area (Å²) in [6.07, 6.45) is 0. The number of hydrogen-bond donors (Lipinski definition) is 1. The van der Waals surface area contributed by atoms with Gasteiger partial charge in [-0.25, -0.2) is 0 Å². The van der Waals surface area contributed by atoms with Crippen LogP contribution in [0, 0.1) is 18.8 Å². The molecule has 3 nitrogen and oxygen atoms in total. The first-order chi connectivity index (χ1) is 9.49. The molecule has 1 amide bonds. The van der Waals surface area contributed by atoms with Crippen molar-refractivity contribution in [3.8, 4) is 0 Å². The highest BCUT2D eigenvalue weighted by Crippen LogP contribution is 2.37. The highest BCUT2D eigenvalue weighted by atomic mass is 32.1. The molecule has 1 aliphatic heterocycles. The van der Waals surface area contributed by atoms with Crippen LogP contribution in [-0.2, 0) is 0 Å². The minimum Gasteiger partial charge on any atom is -0.397 e. The van der Waals surface area contributed by atoms with E-state index in [1.165, 1.54) is 16.9 Å². The lowest BCUT2D eigenvalue weighted by atomic mass is 10.0. The van der Waals surface area contributed by atoms with Crippen LogP contribution in [0.25, 0.3) is 10.1 Å². The number of hydrogen-bond acceptors (Lipinski definition) is 3. The van der Waals surface area contributed by atoms with Crippen LogP contribution in [0.1, 0.15) is 29.1 Å². The molecule has 0 bridgehead atoms. The van der Waals surface area contributed by atoms with E-state index in [0.29, 0.717) is 22.4 Å². The monoisotopic (exact) mass is 288 g/mol. The largest absolute Gasteiger partial charge is 0.397 e. The normalized spacial score (nSPS) is 22.6. The molecule has 0 saturated carbocycles. The van der Waals surface area contributed by atoms with Crippen molar-refractivity contribution in [3.05, 3.63) is 28.6 Å². The first-order valence-electron chi connectivity index (χ1n) is 7.06. The number of carbonyl (C=O) groups excluding carboxylic acids is 1. The topological polar surface area (TPSA) is 46.3 Å². The minimum absolute atomic E-state index is 0.0966. The van der Waals surface area contributed by atoms with Crippen molar-refractivity contribution in [2.45, 2.75) is 20.8 Å². The van der Waals surface area contributed by atoms with Crippen molar-refractivity contribution in [1.82, 2.24) is 4.90 Å². The van der Waals surface area contributed by atoms with E-state index >= 15 is 0 Å². The van der Waals surface area contributed by atoms with Gasteiger partial charge in [-0.2, -0.15) is 0 Å². The highest BCUT2D eigenvalue weighted by Gasteiger charge is 2.31. The van der Waals surface area contributed by atoms with Crippen molar-refractivity contribution < 1.29 is 4.79 Å². The van der Waals surface area contributed by atoms with Gasteiger partial charge >= 0.3 is 0 Å². The van der Waals surface area contributed by atoms with Crippen LogP contribution in [0.4, 0.5) is 5.69 Å². The van der Waals surface area contributed by atoms with Gasteiger partial charge in [0.05, 0.1) is 5.69 Å². The number of nitrogen functional groups attached to an aromatic ring is 1. The number of rotatable bonds is 1. The number of benzene rings is 1. The zero-order valence-electron chi connectivity index (χ0n) is 12.1. The lowest BCUT2D eigenvalue weighted by molar-refractivity contribution is 0.0791. The second-order valence-electron chi connectivity index (χ2n) is 5.96. The van der Waals surface area contributed by atoms with Crippen molar-refractivity contribution in [3.63, 3.8) is 0 Å². The van der Waals surface area contributed by atoms with Gasteiger partial charge in [0.2, 0.25) is 0 Å². The Balaban J connectivity index is 2.00. The molecule has 1 aromatic carbocycles. The van der Waals surface area contributed by atoms with Crippen molar-refractivity contribution in [2.75, 3.05) is 18.8 Å². The standard InChI is InChI=1S/C16H20N2OS/c1-9-5-4-6-12-13(17)15(20-14(9)12)16(19)18-7-10(2)11(3)8-18/h4-6,10-11H,7-8,17H2,1-3H3. The molecule has 20 heavy (non-hydrogen) atoms. The van der Waals surface area contributed by atoms with E-state index in [-0.39, 0.29) is 5.91 Å². The van der Waals surface area contributed by atoms with Gasteiger partial charge in [0, 0.05) is 23.2 Å². The van der Waals surface area contributed by atoms with Crippen LogP contribution in [0.5, 0.6) is 0 Å². The Bertz CT molecular complexity index is 666. The van der Waals surface area contributed by atoms with Crippen LogP contribution in [-0.4, -0.2) is 23.9 Å². The van der Waals surface area contributed by atoms with Gasteiger partial charge in [-0.15, -0.1) is 11.3 Å². The number of nitrogens with zero attached hydrogens (tertiary/aromatic N) is 1. The van der Waals surface area contributed by atoms with E-state index < -0.39 is 0 Å². The van der Waals surface area contributed by atoms with E-state index in [1.54, 1.807) is 0 Å².